The van der Waals surface area contributed by atoms with Crippen LogP contribution in [0.2, 0.25) is 0 Å². The molecular formula is C20H17N3O7. The van der Waals surface area contributed by atoms with Crippen LogP contribution in [0.4, 0.5) is 16.2 Å². The number of barbiturate groups is 1. The van der Waals surface area contributed by atoms with Gasteiger partial charge in [-0.05, 0) is 43.2 Å². The topological polar surface area (TPSA) is 139 Å². The summed E-state index contributed by atoms with van der Waals surface area (Å²) in [5.74, 6) is -2.63. The minimum absolute atomic E-state index is 0.186. The molecule has 2 N–H and O–H groups in total. The maximum atomic E-state index is 13.0. The normalized spacial score (nSPS) is 15.4. The molecule has 0 unspecified atom stereocenters. The van der Waals surface area contributed by atoms with Gasteiger partial charge in [-0.15, -0.1) is 0 Å². The van der Waals surface area contributed by atoms with Gasteiger partial charge in [0.15, 0.2) is 11.5 Å². The number of ether oxygens (including phenoxy) is 1. The van der Waals surface area contributed by atoms with Crippen LogP contribution in [-0.2, 0) is 9.59 Å². The van der Waals surface area contributed by atoms with E-state index in [1.165, 1.54) is 7.11 Å². The van der Waals surface area contributed by atoms with E-state index >= 15 is 0 Å². The van der Waals surface area contributed by atoms with Gasteiger partial charge in [0.1, 0.15) is 5.57 Å². The van der Waals surface area contributed by atoms with Crippen molar-refractivity contribution >= 4 is 35.3 Å². The summed E-state index contributed by atoms with van der Waals surface area (Å²) in [4.78, 5) is 48.8. The van der Waals surface area contributed by atoms with E-state index in [4.69, 9.17) is 4.74 Å². The van der Waals surface area contributed by atoms with Gasteiger partial charge >= 0.3 is 6.03 Å². The zero-order valence-electron chi connectivity index (χ0n) is 16.3. The van der Waals surface area contributed by atoms with Crippen LogP contribution in [0, 0.1) is 24.0 Å². The number of non-ortho nitro benzene ring substituents is 1. The van der Waals surface area contributed by atoms with Gasteiger partial charge in [-0.2, -0.15) is 0 Å². The summed E-state index contributed by atoms with van der Waals surface area (Å²) in [6, 6.07) is 5.97. The highest BCUT2D eigenvalue weighted by Crippen LogP contribution is 2.36. The Labute approximate surface area is 170 Å². The van der Waals surface area contributed by atoms with E-state index in [9.17, 15) is 29.6 Å². The number of nitrogens with one attached hydrogen (secondary N) is 1. The van der Waals surface area contributed by atoms with Crippen LogP contribution in [0.25, 0.3) is 6.08 Å². The fourth-order valence-electron chi connectivity index (χ4n) is 2.90. The van der Waals surface area contributed by atoms with Crippen LogP contribution in [0.3, 0.4) is 0 Å². The van der Waals surface area contributed by atoms with Crippen LogP contribution < -0.4 is 15.0 Å². The van der Waals surface area contributed by atoms with Gasteiger partial charge in [-0.3, -0.25) is 25.0 Å². The Hall–Kier alpha value is -4.21. The number of methoxy groups -OCH3 is 1. The molecule has 0 spiro atoms. The number of carbonyl (C=O) groups is 3. The Balaban J connectivity index is 2.12. The molecule has 0 aliphatic carbocycles. The quantitative estimate of drug-likeness (QED) is 0.341. The first-order chi connectivity index (χ1) is 14.1. The molecular weight excluding hydrogens is 394 g/mol. The molecule has 2 aromatic carbocycles. The Kier molecular flexibility index (Phi) is 5.24. The van der Waals surface area contributed by atoms with Gasteiger partial charge in [-0.25, -0.2) is 9.69 Å². The molecule has 154 valence electrons. The van der Waals surface area contributed by atoms with Gasteiger partial charge in [-0.1, -0.05) is 6.07 Å². The summed E-state index contributed by atoms with van der Waals surface area (Å²) in [7, 11) is 1.20. The van der Waals surface area contributed by atoms with Crippen molar-refractivity contribution in [1.29, 1.82) is 0 Å². The zero-order chi connectivity index (χ0) is 22.2. The number of aryl methyl sites for hydroxylation is 2. The molecule has 1 aliphatic heterocycles. The van der Waals surface area contributed by atoms with E-state index < -0.39 is 39.8 Å². The third-order valence-electron chi connectivity index (χ3n) is 4.67. The molecule has 1 heterocycles. The fourth-order valence-corrected chi connectivity index (χ4v) is 2.90. The number of hydrogen-bond acceptors (Lipinski definition) is 7. The third kappa shape index (κ3) is 3.58. The second kappa shape index (κ2) is 7.66. The second-order valence-electron chi connectivity index (χ2n) is 6.57. The largest absolute Gasteiger partial charge is 0.504 e. The van der Waals surface area contributed by atoms with Crippen LogP contribution in [0.1, 0.15) is 16.7 Å². The first-order valence-electron chi connectivity index (χ1n) is 8.68. The number of nitro benzene ring substituents is 1. The molecule has 10 heteroatoms. The molecule has 4 amide bonds. The van der Waals surface area contributed by atoms with E-state index in [2.05, 4.69) is 5.32 Å². The summed E-state index contributed by atoms with van der Waals surface area (Å²) in [6.45, 7) is 3.67. The van der Waals surface area contributed by atoms with Crippen molar-refractivity contribution in [1.82, 2.24) is 5.32 Å². The first-order valence-corrected chi connectivity index (χ1v) is 8.68. The summed E-state index contributed by atoms with van der Waals surface area (Å²) in [6.07, 6.45) is 0.975. The lowest BCUT2D eigenvalue weighted by Gasteiger charge is -2.27. The van der Waals surface area contributed by atoms with Crippen molar-refractivity contribution < 1.29 is 29.2 Å². The van der Waals surface area contributed by atoms with Gasteiger partial charge in [0.05, 0.1) is 23.8 Å². The average Bonchev–Trinajstić information content (AvgIpc) is 2.68. The number of nitrogens with zero attached hydrogens (tertiary/aromatic N) is 2. The van der Waals surface area contributed by atoms with Crippen molar-refractivity contribution in [3.05, 3.63) is 62.7 Å². The van der Waals surface area contributed by atoms with E-state index in [-0.39, 0.29) is 17.0 Å². The summed E-state index contributed by atoms with van der Waals surface area (Å²) < 4.78 is 4.92. The van der Waals surface area contributed by atoms with Crippen LogP contribution >= 0.6 is 0 Å². The molecule has 0 aromatic heterocycles. The lowest BCUT2D eigenvalue weighted by Crippen LogP contribution is -2.54. The van der Waals surface area contributed by atoms with Gasteiger partial charge in [0.2, 0.25) is 0 Å². The van der Waals surface area contributed by atoms with Crippen molar-refractivity contribution in [3.8, 4) is 11.5 Å². The Bertz CT molecular complexity index is 1140. The standard InChI is InChI=1S/C20H17N3O7/c1-10-4-5-13(6-11(10)2)22-19(26)15(18(25)21-20(22)27)8-12-7-14(23(28)29)9-16(30-3)17(12)24/h4-9,24H,1-3H3,(H,21,25,27). The number of benzene rings is 2. The molecule has 30 heavy (non-hydrogen) atoms. The highest BCUT2D eigenvalue weighted by Gasteiger charge is 2.37. The van der Waals surface area contributed by atoms with Gasteiger partial charge in [0.25, 0.3) is 17.5 Å². The predicted molar refractivity (Wildman–Crippen MR) is 106 cm³/mol. The summed E-state index contributed by atoms with van der Waals surface area (Å²) >= 11 is 0. The summed E-state index contributed by atoms with van der Waals surface area (Å²) in [5.41, 5.74) is 0.947. The van der Waals surface area contributed by atoms with Crippen molar-refractivity contribution in [2.45, 2.75) is 13.8 Å². The number of carbonyl (C=O) groups excluding carboxylic acids is 3. The molecule has 3 rings (SSSR count). The maximum absolute atomic E-state index is 13.0. The number of urea groups is 1. The monoisotopic (exact) mass is 411 g/mol. The van der Waals surface area contributed by atoms with Gasteiger partial charge in [0, 0.05) is 11.6 Å². The average molecular weight is 411 g/mol. The highest BCUT2D eigenvalue weighted by atomic mass is 16.6. The molecule has 10 nitrogen and oxygen atoms in total. The molecule has 0 radical (unpaired) electrons. The fraction of sp³-hybridized carbons (Fsp3) is 0.150. The molecule has 1 aliphatic rings. The number of phenolic OH excluding ortho intramolecular Hbond substituents is 1. The molecule has 1 fully saturated rings. The van der Waals surface area contributed by atoms with E-state index in [1.807, 2.05) is 6.92 Å². The Morgan fingerprint density at radius 1 is 1.13 bits per heavy atom. The number of phenols is 1. The number of anilines is 1. The third-order valence-corrected chi connectivity index (χ3v) is 4.67. The SMILES string of the molecule is COc1cc([N+](=O)[O-])cc(C=C2C(=O)NC(=O)N(c3ccc(C)c(C)c3)C2=O)c1O. The number of aromatic hydroxyl groups is 1. The van der Waals surface area contributed by atoms with E-state index in [0.29, 0.717) is 0 Å². The highest BCUT2D eigenvalue weighted by molar-refractivity contribution is 6.39. The number of rotatable bonds is 4. The lowest BCUT2D eigenvalue weighted by molar-refractivity contribution is -0.385. The van der Waals surface area contributed by atoms with Crippen molar-refractivity contribution in [2.24, 2.45) is 0 Å². The predicted octanol–water partition coefficient (Wildman–Crippen LogP) is 2.59. The molecule has 0 atom stereocenters. The zero-order valence-corrected chi connectivity index (χ0v) is 16.3. The van der Waals surface area contributed by atoms with Crippen LogP contribution in [0.15, 0.2) is 35.9 Å². The smallest absolute Gasteiger partial charge is 0.335 e. The van der Waals surface area contributed by atoms with Gasteiger partial charge < -0.3 is 9.84 Å². The minimum Gasteiger partial charge on any atom is -0.504 e. The van der Waals surface area contributed by atoms with Crippen LogP contribution in [0.5, 0.6) is 11.5 Å². The van der Waals surface area contributed by atoms with Crippen LogP contribution in [-0.4, -0.2) is 35.0 Å². The second-order valence-corrected chi connectivity index (χ2v) is 6.57. The Morgan fingerprint density at radius 2 is 1.83 bits per heavy atom. The molecule has 1 saturated heterocycles. The van der Waals surface area contributed by atoms with E-state index in [0.717, 1.165) is 34.2 Å². The van der Waals surface area contributed by atoms with E-state index in [1.54, 1.807) is 25.1 Å². The maximum Gasteiger partial charge on any atom is 0.335 e. The number of nitro groups is 1. The number of amides is 4. The summed E-state index contributed by atoms with van der Waals surface area (Å²) in [5, 5.41) is 23.5. The lowest BCUT2D eigenvalue weighted by atomic mass is 10.0. The number of hydrogen-bond donors (Lipinski definition) is 2. The molecule has 0 bridgehead atoms. The van der Waals surface area contributed by atoms with Crippen molar-refractivity contribution in [2.75, 3.05) is 12.0 Å². The first kappa shape index (κ1) is 20.5. The number of imide groups is 2. The molecule has 2 aromatic rings. The van der Waals surface area contributed by atoms with Crippen molar-refractivity contribution in [3.63, 3.8) is 0 Å². The Morgan fingerprint density at radius 3 is 2.43 bits per heavy atom. The molecule has 0 saturated carbocycles. The minimum atomic E-state index is -0.991.